The molecule has 20 heavy (non-hydrogen) atoms. The van der Waals surface area contributed by atoms with E-state index in [1.165, 1.54) is 11.8 Å². The van der Waals surface area contributed by atoms with E-state index < -0.39 is 0 Å². The fraction of sp³-hybridized carbons (Fsp3) is 0.286. The highest BCUT2D eigenvalue weighted by Crippen LogP contribution is 2.30. The Bertz CT molecular complexity index is 551. The summed E-state index contributed by atoms with van der Waals surface area (Å²) in [5.74, 6) is 2.18. The Morgan fingerprint density at radius 3 is 2.60 bits per heavy atom. The summed E-state index contributed by atoms with van der Waals surface area (Å²) >= 11 is 1.51. The number of methoxy groups -OCH3 is 2. The van der Waals surface area contributed by atoms with Gasteiger partial charge in [-0.25, -0.2) is 9.97 Å². The molecule has 1 atom stereocenters. The summed E-state index contributed by atoms with van der Waals surface area (Å²) in [7, 11) is 3.26. The Balaban J connectivity index is 2.09. The molecule has 0 saturated heterocycles. The first-order chi connectivity index (χ1) is 9.74. The van der Waals surface area contributed by atoms with Crippen LogP contribution in [0.25, 0.3) is 0 Å². The van der Waals surface area contributed by atoms with Crippen LogP contribution in [0.4, 0.5) is 0 Å². The number of rotatable bonds is 6. The third kappa shape index (κ3) is 3.61. The molecule has 2 aromatic rings. The molecule has 6 heteroatoms. The van der Waals surface area contributed by atoms with E-state index in [0.29, 0.717) is 10.9 Å². The van der Waals surface area contributed by atoms with E-state index in [4.69, 9.17) is 15.2 Å². The predicted molar refractivity (Wildman–Crippen MR) is 79.2 cm³/mol. The minimum absolute atomic E-state index is 0.186. The lowest BCUT2D eigenvalue weighted by Crippen LogP contribution is -2.14. The molecule has 0 bridgehead atoms. The number of nitrogens with two attached hydrogens (primary N) is 1. The quantitative estimate of drug-likeness (QED) is 0.650. The minimum atomic E-state index is -0.186. The first kappa shape index (κ1) is 14.6. The maximum absolute atomic E-state index is 6.23. The third-order valence-corrected chi connectivity index (χ3v) is 3.77. The van der Waals surface area contributed by atoms with Crippen molar-refractivity contribution < 1.29 is 9.47 Å². The summed E-state index contributed by atoms with van der Waals surface area (Å²) in [6.07, 6.45) is 3.43. The Morgan fingerprint density at radius 1 is 1.20 bits per heavy atom. The van der Waals surface area contributed by atoms with Crippen molar-refractivity contribution in [2.24, 2.45) is 5.73 Å². The molecule has 2 N–H and O–H groups in total. The molecular weight excluding hydrogens is 274 g/mol. The van der Waals surface area contributed by atoms with Crippen molar-refractivity contribution in [1.82, 2.24) is 9.97 Å². The van der Waals surface area contributed by atoms with E-state index in [1.54, 1.807) is 32.7 Å². The molecular formula is C14H17N3O2S. The van der Waals surface area contributed by atoms with Gasteiger partial charge in [-0.15, -0.1) is 0 Å². The van der Waals surface area contributed by atoms with Gasteiger partial charge in [0.1, 0.15) is 11.5 Å². The molecule has 1 unspecified atom stereocenters. The maximum atomic E-state index is 6.23. The van der Waals surface area contributed by atoms with Gasteiger partial charge in [-0.1, -0.05) is 11.8 Å². The van der Waals surface area contributed by atoms with Gasteiger partial charge in [0.2, 0.25) is 0 Å². The summed E-state index contributed by atoms with van der Waals surface area (Å²) in [6.45, 7) is 0. The van der Waals surface area contributed by atoms with Crippen LogP contribution in [-0.4, -0.2) is 29.9 Å². The second-order valence-electron chi connectivity index (χ2n) is 4.06. The van der Waals surface area contributed by atoms with Crippen LogP contribution >= 0.6 is 11.8 Å². The van der Waals surface area contributed by atoms with Gasteiger partial charge >= 0.3 is 0 Å². The van der Waals surface area contributed by atoms with E-state index >= 15 is 0 Å². The lowest BCUT2D eigenvalue weighted by molar-refractivity contribution is 0.396. The van der Waals surface area contributed by atoms with Gasteiger partial charge in [-0.3, -0.25) is 0 Å². The Morgan fingerprint density at radius 2 is 1.95 bits per heavy atom. The van der Waals surface area contributed by atoms with Crippen LogP contribution in [0.3, 0.4) is 0 Å². The smallest absolute Gasteiger partial charge is 0.187 e. The molecule has 0 spiro atoms. The molecule has 0 fully saturated rings. The number of thioether (sulfide) groups is 1. The van der Waals surface area contributed by atoms with E-state index in [0.717, 1.165) is 17.1 Å². The van der Waals surface area contributed by atoms with Crippen LogP contribution in [0.2, 0.25) is 0 Å². The van der Waals surface area contributed by atoms with Gasteiger partial charge in [0.25, 0.3) is 0 Å². The summed E-state index contributed by atoms with van der Waals surface area (Å²) in [4.78, 5) is 8.32. The summed E-state index contributed by atoms with van der Waals surface area (Å²) in [5.41, 5.74) is 7.14. The fourth-order valence-electron chi connectivity index (χ4n) is 1.74. The second kappa shape index (κ2) is 7.12. The number of hydrogen-bond acceptors (Lipinski definition) is 6. The van der Waals surface area contributed by atoms with E-state index in [1.807, 2.05) is 18.2 Å². The van der Waals surface area contributed by atoms with Crippen molar-refractivity contribution in [3.8, 4) is 11.5 Å². The first-order valence-electron chi connectivity index (χ1n) is 6.12. The third-order valence-electron chi connectivity index (χ3n) is 2.77. The molecule has 0 aliphatic rings. The van der Waals surface area contributed by atoms with Gasteiger partial charge in [0.05, 0.1) is 14.2 Å². The predicted octanol–water partition coefficient (Wildman–Crippen LogP) is 2.29. The molecule has 1 aromatic heterocycles. The van der Waals surface area contributed by atoms with Crippen LogP contribution in [-0.2, 0) is 0 Å². The molecule has 0 radical (unpaired) electrons. The lowest BCUT2D eigenvalue weighted by atomic mass is 10.1. The average molecular weight is 291 g/mol. The topological polar surface area (TPSA) is 70.3 Å². The largest absolute Gasteiger partial charge is 0.497 e. The fourth-order valence-corrected chi connectivity index (χ4v) is 2.52. The molecule has 106 valence electrons. The van der Waals surface area contributed by atoms with Gasteiger partial charge < -0.3 is 15.2 Å². The SMILES string of the molecule is COc1ccc(OC)c(C(N)CSc2ncccn2)c1. The van der Waals surface area contributed by atoms with E-state index in [-0.39, 0.29) is 6.04 Å². The van der Waals surface area contributed by atoms with Crippen LogP contribution in [0, 0.1) is 0 Å². The molecule has 2 rings (SSSR count). The molecule has 0 aliphatic carbocycles. The normalized spacial score (nSPS) is 11.9. The molecule has 0 aliphatic heterocycles. The van der Waals surface area contributed by atoms with Crippen molar-refractivity contribution in [1.29, 1.82) is 0 Å². The zero-order chi connectivity index (χ0) is 14.4. The summed E-state index contributed by atoms with van der Waals surface area (Å²) in [5, 5.41) is 0.713. The number of nitrogens with zero attached hydrogens (tertiary/aromatic N) is 2. The van der Waals surface area contributed by atoms with Crippen LogP contribution < -0.4 is 15.2 Å². The number of ether oxygens (including phenoxy) is 2. The first-order valence-corrected chi connectivity index (χ1v) is 7.10. The Labute approximate surface area is 122 Å². The number of benzene rings is 1. The van der Waals surface area contributed by atoms with Crippen LogP contribution in [0.15, 0.2) is 41.8 Å². The molecule has 1 aromatic carbocycles. The second-order valence-corrected chi connectivity index (χ2v) is 5.04. The van der Waals surface area contributed by atoms with Gasteiger partial charge in [-0.2, -0.15) is 0 Å². The summed E-state index contributed by atoms with van der Waals surface area (Å²) < 4.78 is 10.6. The average Bonchev–Trinajstić information content (AvgIpc) is 2.52. The zero-order valence-electron chi connectivity index (χ0n) is 11.4. The zero-order valence-corrected chi connectivity index (χ0v) is 12.3. The number of aromatic nitrogens is 2. The molecule has 5 nitrogen and oxygen atoms in total. The van der Waals surface area contributed by atoms with Crippen molar-refractivity contribution in [3.05, 3.63) is 42.2 Å². The summed E-state index contributed by atoms with van der Waals surface area (Å²) in [6, 6.07) is 7.21. The van der Waals surface area contributed by atoms with Crippen molar-refractivity contribution >= 4 is 11.8 Å². The Hall–Kier alpha value is -1.79. The van der Waals surface area contributed by atoms with Crippen LogP contribution in [0.1, 0.15) is 11.6 Å². The lowest BCUT2D eigenvalue weighted by Gasteiger charge is -2.16. The highest BCUT2D eigenvalue weighted by atomic mass is 32.2. The van der Waals surface area contributed by atoms with Gasteiger partial charge in [0, 0.05) is 29.8 Å². The van der Waals surface area contributed by atoms with Crippen molar-refractivity contribution in [3.63, 3.8) is 0 Å². The monoisotopic (exact) mass is 291 g/mol. The molecule has 0 saturated carbocycles. The van der Waals surface area contributed by atoms with E-state index in [9.17, 15) is 0 Å². The van der Waals surface area contributed by atoms with Crippen LogP contribution in [0.5, 0.6) is 11.5 Å². The molecule has 1 heterocycles. The van der Waals surface area contributed by atoms with Crippen molar-refractivity contribution in [2.45, 2.75) is 11.2 Å². The van der Waals surface area contributed by atoms with Gasteiger partial charge in [-0.05, 0) is 24.3 Å². The highest BCUT2D eigenvalue weighted by molar-refractivity contribution is 7.99. The highest BCUT2D eigenvalue weighted by Gasteiger charge is 2.14. The molecule has 0 amide bonds. The number of hydrogen-bond donors (Lipinski definition) is 1. The van der Waals surface area contributed by atoms with E-state index in [2.05, 4.69) is 9.97 Å². The van der Waals surface area contributed by atoms with Crippen molar-refractivity contribution in [2.75, 3.05) is 20.0 Å². The minimum Gasteiger partial charge on any atom is -0.497 e. The maximum Gasteiger partial charge on any atom is 0.187 e. The standard InChI is InChI=1S/C14H17N3O2S/c1-18-10-4-5-13(19-2)11(8-10)12(15)9-20-14-16-6-3-7-17-14/h3-8,12H,9,15H2,1-2H3. The Kier molecular flexibility index (Phi) is 5.20. The van der Waals surface area contributed by atoms with Gasteiger partial charge in [0.15, 0.2) is 5.16 Å².